The molecule has 0 aliphatic carbocycles. The van der Waals surface area contributed by atoms with E-state index in [1.54, 1.807) is 0 Å². The molecule has 2 atom stereocenters. The molecule has 1 aliphatic heterocycles. The molecule has 1 N–H and O–H groups in total. The van der Waals surface area contributed by atoms with E-state index < -0.39 is 0 Å². The topological polar surface area (TPSA) is 38.7 Å². The molecule has 0 radical (unpaired) electrons. The maximum absolute atomic E-state index is 9.28. The van der Waals surface area contributed by atoms with E-state index in [2.05, 4.69) is 6.92 Å². The van der Waals surface area contributed by atoms with Crippen molar-refractivity contribution in [1.82, 2.24) is 0 Å². The third-order valence-corrected chi connectivity index (χ3v) is 5.39. The lowest BCUT2D eigenvalue weighted by Crippen LogP contribution is -2.39. The van der Waals surface area contributed by atoms with Crippen molar-refractivity contribution < 1.29 is 14.6 Å². The Labute approximate surface area is 156 Å². The molecule has 3 heteroatoms. The molecule has 0 unspecified atom stereocenters. The highest BCUT2D eigenvalue weighted by atomic mass is 16.5. The highest BCUT2D eigenvalue weighted by molar-refractivity contribution is 4.74. The van der Waals surface area contributed by atoms with Crippen molar-refractivity contribution in [3.05, 3.63) is 0 Å². The molecule has 0 aromatic heterocycles. The number of rotatable bonds is 17. The van der Waals surface area contributed by atoms with Crippen LogP contribution in [0.1, 0.15) is 110 Å². The summed E-state index contributed by atoms with van der Waals surface area (Å²) in [4.78, 5) is 0. The zero-order chi connectivity index (χ0) is 18.0. The SMILES string of the molecule is CCCCCCCCCCCCCCCCO[C@H]1CCCO[C@H]1CO. The van der Waals surface area contributed by atoms with Crippen molar-refractivity contribution in [3.8, 4) is 0 Å². The lowest BCUT2D eigenvalue weighted by molar-refractivity contribution is -0.122. The van der Waals surface area contributed by atoms with Crippen LogP contribution in [0.15, 0.2) is 0 Å². The molecule has 25 heavy (non-hydrogen) atoms. The van der Waals surface area contributed by atoms with Gasteiger partial charge in [-0.25, -0.2) is 0 Å². The van der Waals surface area contributed by atoms with Gasteiger partial charge in [-0.05, 0) is 19.3 Å². The molecule has 1 fully saturated rings. The van der Waals surface area contributed by atoms with Gasteiger partial charge in [-0.15, -0.1) is 0 Å². The molecule has 0 aromatic rings. The molecule has 0 spiro atoms. The molecule has 0 bridgehead atoms. The number of unbranched alkanes of at least 4 members (excludes halogenated alkanes) is 13. The molecule has 0 amide bonds. The molecule has 150 valence electrons. The van der Waals surface area contributed by atoms with Gasteiger partial charge in [-0.3, -0.25) is 0 Å². The summed E-state index contributed by atoms with van der Waals surface area (Å²) in [6.45, 7) is 3.96. The predicted molar refractivity (Wildman–Crippen MR) is 106 cm³/mol. The average molecular weight is 357 g/mol. The molecule has 0 saturated carbocycles. The van der Waals surface area contributed by atoms with Gasteiger partial charge in [-0.2, -0.15) is 0 Å². The predicted octanol–water partition coefficient (Wildman–Crippen LogP) is 6.02. The van der Waals surface area contributed by atoms with Gasteiger partial charge >= 0.3 is 0 Å². The first-order valence-electron chi connectivity index (χ1n) is 11.2. The first kappa shape index (κ1) is 22.9. The lowest BCUT2D eigenvalue weighted by Gasteiger charge is -2.30. The van der Waals surface area contributed by atoms with Crippen molar-refractivity contribution in [3.63, 3.8) is 0 Å². The van der Waals surface area contributed by atoms with Gasteiger partial charge in [-0.1, -0.05) is 90.4 Å². The van der Waals surface area contributed by atoms with E-state index in [0.29, 0.717) is 0 Å². The smallest absolute Gasteiger partial charge is 0.107 e. The van der Waals surface area contributed by atoms with E-state index in [0.717, 1.165) is 32.5 Å². The van der Waals surface area contributed by atoms with Crippen LogP contribution < -0.4 is 0 Å². The Balaban J connectivity index is 1.76. The van der Waals surface area contributed by atoms with Gasteiger partial charge in [0.05, 0.1) is 12.7 Å². The Kier molecular flexibility index (Phi) is 15.9. The van der Waals surface area contributed by atoms with Crippen LogP contribution in [0.2, 0.25) is 0 Å². The third-order valence-electron chi connectivity index (χ3n) is 5.39. The minimum Gasteiger partial charge on any atom is -0.394 e. The number of ether oxygens (including phenoxy) is 2. The van der Waals surface area contributed by atoms with Crippen molar-refractivity contribution in [2.24, 2.45) is 0 Å². The van der Waals surface area contributed by atoms with Gasteiger partial charge in [0.15, 0.2) is 0 Å². The van der Waals surface area contributed by atoms with Crippen LogP contribution in [-0.2, 0) is 9.47 Å². The summed E-state index contributed by atoms with van der Waals surface area (Å²) in [5.41, 5.74) is 0. The third kappa shape index (κ3) is 12.8. The average Bonchev–Trinajstić information content (AvgIpc) is 2.65. The van der Waals surface area contributed by atoms with Crippen LogP contribution in [-0.4, -0.2) is 37.1 Å². The van der Waals surface area contributed by atoms with Crippen LogP contribution in [0.25, 0.3) is 0 Å². The van der Waals surface area contributed by atoms with Gasteiger partial charge in [0, 0.05) is 13.2 Å². The summed E-state index contributed by atoms with van der Waals surface area (Å²) in [5, 5.41) is 9.28. The van der Waals surface area contributed by atoms with Crippen LogP contribution >= 0.6 is 0 Å². The summed E-state index contributed by atoms with van der Waals surface area (Å²) >= 11 is 0. The summed E-state index contributed by atoms with van der Waals surface area (Å²) in [7, 11) is 0. The number of hydrogen-bond acceptors (Lipinski definition) is 3. The van der Waals surface area contributed by atoms with Crippen LogP contribution in [0.5, 0.6) is 0 Å². The first-order chi connectivity index (χ1) is 12.4. The summed E-state index contributed by atoms with van der Waals surface area (Å²) in [6.07, 6.45) is 21.5. The fourth-order valence-corrected chi connectivity index (χ4v) is 3.70. The van der Waals surface area contributed by atoms with E-state index in [1.165, 1.54) is 83.5 Å². The van der Waals surface area contributed by atoms with Gasteiger partial charge in [0.1, 0.15) is 6.10 Å². The number of aliphatic hydroxyl groups is 1. The Bertz CT molecular complexity index is 270. The van der Waals surface area contributed by atoms with Crippen LogP contribution in [0, 0.1) is 0 Å². The number of hydrogen-bond donors (Lipinski definition) is 1. The maximum atomic E-state index is 9.28. The van der Waals surface area contributed by atoms with E-state index in [9.17, 15) is 5.11 Å². The highest BCUT2D eigenvalue weighted by Crippen LogP contribution is 2.18. The summed E-state index contributed by atoms with van der Waals surface area (Å²) in [6, 6.07) is 0. The van der Waals surface area contributed by atoms with Gasteiger partial charge in [0.25, 0.3) is 0 Å². The fraction of sp³-hybridized carbons (Fsp3) is 1.00. The van der Waals surface area contributed by atoms with Gasteiger partial charge < -0.3 is 14.6 Å². The molecule has 1 aliphatic rings. The summed E-state index contributed by atoms with van der Waals surface area (Å²) in [5.74, 6) is 0. The molecule has 3 nitrogen and oxygen atoms in total. The van der Waals surface area contributed by atoms with Crippen LogP contribution in [0.3, 0.4) is 0 Å². The first-order valence-corrected chi connectivity index (χ1v) is 11.2. The minimum atomic E-state index is -0.0969. The largest absolute Gasteiger partial charge is 0.394 e. The number of aliphatic hydroxyl groups excluding tert-OH is 1. The second kappa shape index (κ2) is 17.3. The molecule has 1 saturated heterocycles. The monoisotopic (exact) mass is 356 g/mol. The molecule has 1 heterocycles. The van der Waals surface area contributed by atoms with Crippen molar-refractivity contribution >= 4 is 0 Å². The van der Waals surface area contributed by atoms with Gasteiger partial charge in [0.2, 0.25) is 0 Å². The zero-order valence-electron chi connectivity index (χ0n) is 16.9. The standard InChI is InChI=1S/C22H44O3/c1-2-3-4-5-6-7-8-9-10-11-12-13-14-15-18-24-21-17-16-19-25-22(21)20-23/h21-23H,2-20H2,1H3/t21-,22-/m0/s1. The van der Waals surface area contributed by atoms with E-state index >= 15 is 0 Å². The Morgan fingerprint density at radius 2 is 1.32 bits per heavy atom. The van der Waals surface area contributed by atoms with Crippen molar-refractivity contribution in [1.29, 1.82) is 0 Å². The highest BCUT2D eigenvalue weighted by Gasteiger charge is 2.25. The summed E-state index contributed by atoms with van der Waals surface area (Å²) < 4.78 is 11.4. The minimum absolute atomic E-state index is 0.0867. The molecular weight excluding hydrogens is 312 g/mol. The molecule has 0 aromatic carbocycles. The van der Waals surface area contributed by atoms with Crippen LogP contribution in [0.4, 0.5) is 0 Å². The Morgan fingerprint density at radius 3 is 1.84 bits per heavy atom. The van der Waals surface area contributed by atoms with Crippen molar-refractivity contribution in [2.45, 2.75) is 122 Å². The van der Waals surface area contributed by atoms with Crippen molar-refractivity contribution in [2.75, 3.05) is 19.8 Å². The Morgan fingerprint density at radius 1 is 0.800 bits per heavy atom. The quantitative estimate of drug-likeness (QED) is 0.324. The normalized spacial score (nSPS) is 20.9. The second-order valence-electron chi connectivity index (χ2n) is 7.74. The lowest BCUT2D eigenvalue weighted by atomic mass is 10.0. The molecule has 1 rings (SSSR count). The Hall–Kier alpha value is -0.120. The molecular formula is C22H44O3. The second-order valence-corrected chi connectivity index (χ2v) is 7.74. The van der Waals surface area contributed by atoms with E-state index in [-0.39, 0.29) is 18.8 Å². The maximum Gasteiger partial charge on any atom is 0.107 e. The van der Waals surface area contributed by atoms with E-state index in [4.69, 9.17) is 9.47 Å². The van der Waals surface area contributed by atoms with E-state index in [1.807, 2.05) is 0 Å². The zero-order valence-corrected chi connectivity index (χ0v) is 16.9. The fourth-order valence-electron chi connectivity index (χ4n) is 3.70.